The molecule has 27 heavy (non-hydrogen) atoms. The fourth-order valence-corrected chi connectivity index (χ4v) is 3.02. The lowest BCUT2D eigenvalue weighted by molar-refractivity contribution is -0.384. The number of nitro groups is 1. The molecule has 2 N–H and O–H groups in total. The molecule has 0 heterocycles. The molecule has 2 aromatic rings. The number of aryl methyl sites for hydroxylation is 1. The Morgan fingerprint density at radius 1 is 1.22 bits per heavy atom. The van der Waals surface area contributed by atoms with Crippen LogP contribution in [0.2, 0.25) is 0 Å². The number of carbonyl (C=O) groups is 2. The highest BCUT2D eigenvalue weighted by Gasteiger charge is 2.19. The Morgan fingerprint density at radius 3 is 2.52 bits per heavy atom. The third-order valence-electron chi connectivity index (χ3n) is 3.92. The second kappa shape index (κ2) is 8.63. The average molecular weight is 435 g/mol. The van der Waals surface area contributed by atoms with Gasteiger partial charge in [-0.15, -0.1) is 0 Å². The molecule has 0 aliphatic carbocycles. The zero-order valence-electron chi connectivity index (χ0n) is 15.1. The van der Waals surface area contributed by atoms with Gasteiger partial charge < -0.3 is 15.5 Å². The number of amides is 2. The summed E-state index contributed by atoms with van der Waals surface area (Å²) in [5, 5.41) is 16.3. The molecule has 0 bridgehead atoms. The Labute approximate surface area is 164 Å². The third kappa shape index (κ3) is 5.04. The van der Waals surface area contributed by atoms with Gasteiger partial charge in [-0.1, -0.05) is 15.9 Å². The summed E-state index contributed by atoms with van der Waals surface area (Å²) in [6.07, 6.45) is 0. The number of benzene rings is 2. The molecule has 0 saturated carbocycles. The Kier molecular flexibility index (Phi) is 6.51. The van der Waals surface area contributed by atoms with Crippen LogP contribution in [0.1, 0.15) is 15.9 Å². The van der Waals surface area contributed by atoms with E-state index in [1.807, 2.05) is 19.1 Å². The Bertz CT molecular complexity index is 901. The minimum absolute atomic E-state index is 0.0304. The van der Waals surface area contributed by atoms with Crippen molar-refractivity contribution in [2.24, 2.45) is 0 Å². The predicted octanol–water partition coefficient (Wildman–Crippen LogP) is 3.10. The molecule has 142 valence electrons. The van der Waals surface area contributed by atoms with Crippen LogP contribution < -0.4 is 15.5 Å². The summed E-state index contributed by atoms with van der Waals surface area (Å²) in [6.45, 7) is 1.85. The second-order valence-electron chi connectivity index (χ2n) is 5.90. The number of hydrogen-bond donors (Lipinski definition) is 2. The first-order valence-corrected chi connectivity index (χ1v) is 8.80. The van der Waals surface area contributed by atoms with Crippen LogP contribution >= 0.6 is 15.9 Å². The molecule has 8 nitrogen and oxygen atoms in total. The quantitative estimate of drug-likeness (QED) is 0.536. The van der Waals surface area contributed by atoms with Gasteiger partial charge >= 0.3 is 0 Å². The number of nitrogens with one attached hydrogen (secondary N) is 2. The van der Waals surface area contributed by atoms with Gasteiger partial charge in [0.05, 0.1) is 22.7 Å². The van der Waals surface area contributed by atoms with Crippen molar-refractivity contribution in [1.82, 2.24) is 5.32 Å². The number of non-ortho nitro benzene ring substituents is 1. The molecule has 0 radical (unpaired) electrons. The van der Waals surface area contributed by atoms with E-state index in [4.69, 9.17) is 0 Å². The number of carbonyl (C=O) groups excluding carboxylic acids is 2. The fourth-order valence-electron chi connectivity index (χ4n) is 2.54. The summed E-state index contributed by atoms with van der Waals surface area (Å²) in [5.41, 5.74) is 1.94. The van der Waals surface area contributed by atoms with E-state index in [0.717, 1.165) is 10.0 Å². The second-order valence-corrected chi connectivity index (χ2v) is 6.82. The SMILES string of the molecule is CNC(=O)c1cc([N+](=O)[O-])ccc1N(C)CC(=O)Nc1ccc(Br)cc1C. The van der Waals surface area contributed by atoms with Gasteiger partial charge in [-0.25, -0.2) is 0 Å². The maximum atomic E-state index is 12.4. The Morgan fingerprint density at radius 2 is 1.93 bits per heavy atom. The smallest absolute Gasteiger partial charge is 0.270 e. The number of nitrogens with zero attached hydrogens (tertiary/aromatic N) is 2. The van der Waals surface area contributed by atoms with E-state index in [0.29, 0.717) is 11.4 Å². The van der Waals surface area contributed by atoms with Gasteiger partial charge in [-0.2, -0.15) is 0 Å². The van der Waals surface area contributed by atoms with Crippen molar-refractivity contribution < 1.29 is 14.5 Å². The molecule has 2 rings (SSSR count). The Balaban J connectivity index is 2.21. The summed E-state index contributed by atoms with van der Waals surface area (Å²) in [6, 6.07) is 9.46. The van der Waals surface area contributed by atoms with Crippen molar-refractivity contribution in [3.05, 3.63) is 62.1 Å². The number of nitro benzene ring substituents is 1. The minimum Gasteiger partial charge on any atom is -0.365 e. The highest BCUT2D eigenvalue weighted by molar-refractivity contribution is 9.10. The molecule has 0 spiro atoms. The third-order valence-corrected chi connectivity index (χ3v) is 4.41. The highest BCUT2D eigenvalue weighted by atomic mass is 79.9. The van der Waals surface area contributed by atoms with Crippen molar-refractivity contribution in [1.29, 1.82) is 0 Å². The van der Waals surface area contributed by atoms with Gasteiger partial charge in [0.25, 0.3) is 11.6 Å². The van der Waals surface area contributed by atoms with Crippen LogP contribution in [0.15, 0.2) is 40.9 Å². The summed E-state index contributed by atoms with van der Waals surface area (Å²) < 4.78 is 0.913. The van der Waals surface area contributed by atoms with Gasteiger partial charge in [0.2, 0.25) is 5.91 Å². The van der Waals surface area contributed by atoms with E-state index in [2.05, 4.69) is 26.6 Å². The lowest BCUT2D eigenvalue weighted by Crippen LogP contribution is -2.32. The largest absolute Gasteiger partial charge is 0.365 e. The van der Waals surface area contributed by atoms with Crippen LogP contribution in [0.25, 0.3) is 0 Å². The molecule has 0 unspecified atom stereocenters. The molecular weight excluding hydrogens is 416 g/mol. The number of anilines is 2. The fraction of sp³-hybridized carbons (Fsp3) is 0.222. The maximum Gasteiger partial charge on any atom is 0.270 e. The standard InChI is InChI=1S/C18H19BrN4O4/c1-11-8-12(19)4-6-15(11)21-17(24)10-22(3)16-7-5-13(23(26)27)9-14(16)18(25)20-2/h4-9H,10H2,1-3H3,(H,20,25)(H,21,24). The van der Waals surface area contributed by atoms with E-state index in [-0.39, 0.29) is 23.7 Å². The van der Waals surface area contributed by atoms with Crippen LogP contribution in [0.4, 0.5) is 17.1 Å². The minimum atomic E-state index is -0.570. The molecule has 0 atom stereocenters. The van der Waals surface area contributed by atoms with Gasteiger partial charge in [0.15, 0.2) is 0 Å². The summed E-state index contributed by atoms with van der Waals surface area (Å²) >= 11 is 3.37. The van der Waals surface area contributed by atoms with Crippen molar-refractivity contribution in [2.45, 2.75) is 6.92 Å². The van der Waals surface area contributed by atoms with E-state index >= 15 is 0 Å². The van der Waals surface area contributed by atoms with Gasteiger partial charge in [-0.3, -0.25) is 19.7 Å². The van der Waals surface area contributed by atoms with Crippen LogP contribution in [-0.4, -0.2) is 37.4 Å². The molecule has 9 heteroatoms. The van der Waals surface area contributed by atoms with Crippen molar-refractivity contribution >= 4 is 44.8 Å². The first-order valence-electron chi connectivity index (χ1n) is 8.00. The predicted molar refractivity (Wildman–Crippen MR) is 107 cm³/mol. The van der Waals surface area contributed by atoms with Crippen LogP contribution in [0, 0.1) is 17.0 Å². The normalized spacial score (nSPS) is 10.2. The number of halogens is 1. The highest BCUT2D eigenvalue weighted by Crippen LogP contribution is 2.25. The number of rotatable bonds is 6. The number of likely N-dealkylation sites (N-methyl/N-ethyl adjacent to an activating group) is 1. The molecule has 2 aromatic carbocycles. The monoisotopic (exact) mass is 434 g/mol. The van der Waals surface area contributed by atoms with E-state index < -0.39 is 10.8 Å². The van der Waals surface area contributed by atoms with Gasteiger partial charge in [-0.05, 0) is 36.8 Å². The molecule has 0 aromatic heterocycles. The summed E-state index contributed by atoms with van der Waals surface area (Å²) in [4.78, 5) is 36.5. The zero-order chi connectivity index (χ0) is 20.1. The first-order chi connectivity index (χ1) is 12.7. The zero-order valence-corrected chi connectivity index (χ0v) is 16.7. The molecule has 0 aliphatic rings. The topological polar surface area (TPSA) is 105 Å². The summed E-state index contributed by atoms with van der Waals surface area (Å²) in [7, 11) is 3.08. The lowest BCUT2D eigenvalue weighted by atomic mass is 10.1. The number of hydrogen-bond acceptors (Lipinski definition) is 5. The molecule has 0 saturated heterocycles. The molecule has 0 aliphatic heterocycles. The molecular formula is C18H19BrN4O4. The average Bonchev–Trinajstić information content (AvgIpc) is 2.62. The summed E-state index contributed by atoms with van der Waals surface area (Å²) in [5.74, 6) is -0.742. The van der Waals surface area contributed by atoms with Crippen molar-refractivity contribution in [2.75, 3.05) is 30.9 Å². The van der Waals surface area contributed by atoms with Crippen molar-refractivity contribution in [3.8, 4) is 0 Å². The van der Waals surface area contributed by atoms with Crippen LogP contribution in [0.3, 0.4) is 0 Å². The lowest BCUT2D eigenvalue weighted by Gasteiger charge is -2.21. The molecule has 0 fully saturated rings. The van der Waals surface area contributed by atoms with Crippen molar-refractivity contribution in [3.63, 3.8) is 0 Å². The maximum absolute atomic E-state index is 12.4. The van der Waals surface area contributed by atoms with Crippen LogP contribution in [-0.2, 0) is 4.79 Å². The molecule has 2 amide bonds. The Hall–Kier alpha value is -2.94. The van der Waals surface area contributed by atoms with E-state index in [1.165, 1.54) is 25.2 Å². The first kappa shape index (κ1) is 20.4. The van der Waals surface area contributed by atoms with Crippen LogP contribution in [0.5, 0.6) is 0 Å². The van der Waals surface area contributed by atoms with Gasteiger partial charge in [0, 0.05) is 36.4 Å². The van der Waals surface area contributed by atoms with E-state index in [1.54, 1.807) is 18.0 Å². The van der Waals surface area contributed by atoms with E-state index in [9.17, 15) is 19.7 Å². The van der Waals surface area contributed by atoms with Gasteiger partial charge in [0.1, 0.15) is 0 Å².